The smallest absolute Gasteiger partial charge is 0.345 e. The molecule has 1 heterocycles. The first-order valence-corrected chi connectivity index (χ1v) is 6.18. The molecule has 20 heavy (non-hydrogen) atoms. The first kappa shape index (κ1) is 14.4. The summed E-state index contributed by atoms with van der Waals surface area (Å²) in [7, 11) is 0. The number of alkyl halides is 3. The third-order valence-corrected chi connectivity index (χ3v) is 2.84. The molecule has 0 bridgehead atoms. The second-order valence-electron chi connectivity index (χ2n) is 4.35. The molecule has 1 aromatic carbocycles. The summed E-state index contributed by atoms with van der Waals surface area (Å²) in [5, 5.41) is 1.86. The van der Waals surface area contributed by atoms with E-state index in [0.29, 0.717) is 12.2 Å². The van der Waals surface area contributed by atoms with Crippen molar-refractivity contribution in [2.24, 2.45) is 0 Å². The van der Waals surface area contributed by atoms with Crippen molar-refractivity contribution in [2.45, 2.75) is 26.1 Å². The molecule has 1 aromatic heterocycles. The second-order valence-corrected chi connectivity index (χ2v) is 4.35. The molecule has 0 radical (unpaired) electrons. The molecule has 7 heteroatoms. The van der Waals surface area contributed by atoms with Gasteiger partial charge in [0.15, 0.2) is 0 Å². The molecule has 1 N–H and O–H groups in total. The van der Waals surface area contributed by atoms with Crippen LogP contribution >= 0.6 is 0 Å². The third-order valence-electron chi connectivity index (χ3n) is 2.84. The Morgan fingerprint density at radius 2 is 2.05 bits per heavy atom. The summed E-state index contributed by atoms with van der Waals surface area (Å²) in [6, 6.07) is 7.22. The van der Waals surface area contributed by atoms with Crippen LogP contribution in [-0.4, -0.2) is 28.2 Å². The number of carbonyl (C=O) groups excluding carboxylic acids is 1. The van der Waals surface area contributed by atoms with Crippen LogP contribution in [0.4, 0.5) is 13.2 Å². The van der Waals surface area contributed by atoms with Crippen LogP contribution in [0.5, 0.6) is 0 Å². The highest BCUT2D eigenvalue weighted by molar-refractivity contribution is 5.81. The molecule has 2 aromatic rings. The summed E-state index contributed by atoms with van der Waals surface area (Å²) in [5.74, 6) is -0.00598. The molecule has 4 nitrogen and oxygen atoms in total. The summed E-state index contributed by atoms with van der Waals surface area (Å²) in [5.41, 5.74) is 1.47. The maximum Gasteiger partial charge on any atom is 0.405 e. The number of carbonyl (C=O) groups is 1. The van der Waals surface area contributed by atoms with Crippen LogP contribution in [0.2, 0.25) is 0 Å². The number of aryl methyl sites for hydroxylation is 1. The van der Waals surface area contributed by atoms with Crippen LogP contribution in [0.1, 0.15) is 12.7 Å². The number of fused-ring (bicyclic) bond motifs is 1. The molecule has 108 valence electrons. The number of nitrogens with one attached hydrogen (secondary N) is 1. The predicted molar refractivity (Wildman–Crippen MR) is 68.2 cm³/mol. The Kier molecular flexibility index (Phi) is 3.96. The van der Waals surface area contributed by atoms with Gasteiger partial charge in [-0.3, -0.25) is 4.79 Å². The van der Waals surface area contributed by atoms with E-state index in [0.717, 1.165) is 11.0 Å². The molecule has 0 unspecified atom stereocenters. The fraction of sp³-hybridized carbons (Fsp3) is 0.385. The van der Waals surface area contributed by atoms with E-state index in [9.17, 15) is 18.0 Å². The Morgan fingerprint density at radius 3 is 2.70 bits per heavy atom. The third kappa shape index (κ3) is 3.28. The Labute approximate surface area is 113 Å². The van der Waals surface area contributed by atoms with Gasteiger partial charge in [-0.15, -0.1) is 0 Å². The maximum atomic E-state index is 12.1. The topological polar surface area (TPSA) is 46.9 Å². The van der Waals surface area contributed by atoms with E-state index >= 15 is 0 Å². The van der Waals surface area contributed by atoms with Gasteiger partial charge in [0.2, 0.25) is 5.91 Å². The molecule has 1 amide bonds. The SMILES string of the molecule is CCc1nc2ccccc2n1CC(=O)NCC(F)(F)F. The van der Waals surface area contributed by atoms with E-state index in [-0.39, 0.29) is 6.54 Å². The van der Waals surface area contributed by atoms with E-state index in [1.165, 1.54) is 0 Å². The van der Waals surface area contributed by atoms with E-state index in [4.69, 9.17) is 0 Å². The van der Waals surface area contributed by atoms with Crippen LogP contribution in [0, 0.1) is 0 Å². The van der Waals surface area contributed by atoms with Gasteiger partial charge < -0.3 is 9.88 Å². The normalized spacial score (nSPS) is 11.8. The predicted octanol–water partition coefficient (Wildman–Crippen LogP) is 2.28. The molecule has 0 aliphatic heterocycles. The van der Waals surface area contributed by atoms with Gasteiger partial charge >= 0.3 is 6.18 Å². The first-order valence-electron chi connectivity index (χ1n) is 6.18. The number of nitrogens with zero attached hydrogens (tertiary/aromatic N) is 2. The summed E-state index contributed by atoms with van der Waals surface area (Å²) in [4.78, 5) is 16.0. The quantitative estimate of drug-likeness (QED) is 0.936. The number of hydrogen-bond acceptors (Lipinski definition) is 2. The molecular formula is C13H14F3N3O. The van der Waals surface area contributed by atoms with Crippen LogP contribution in [0.3, 0.4) is 0 Å². The fourth-order valence-electron chi connectivity index (χ4n) is 1.97. The van der Waals surface area contributed by atoms with Gasteiger partial charge in [0.05, 0.1) is 11.0 Å². The average molecular weight is 285 g/mol. The molecule has 0 saturated heterocycles. The summed E-state index contributed by atoms with van der Waals surface area (Å²) >= 11 is 0. The lowest BCUT2D eigenvalue weighted by atomic mass is 10.3. The van der Waals surface area contributed by atoms with Crippen molar-refractivity contribution in [3.05, 3.63) is 30.1 Å². The van der Waals surface area contributed by atoms with Crippen LogP contribution in [-0.2, 0) is 17.8 Å². The lowest BCUT2D eigenvalue weighted by Gasteiger charge is -2.10. The van der Waals surface area contributed by atoms with Crippen LogP contribution < -0.4 is 5.32 Å². The Morgan fingerprint density at radius 1 is 1.35 bits per heavy atom. The molecule has 0 spiro atoms. The van der Waals surface area contributed by atoms with Gasteiger partial charge in [0.25, 0.3) is 0 Å². The van der Waals surface area contributed by atoms with Gasteiger partial charge in [-0.05, 0) is 12.1 Å². The Balaban J connectivity index is 2.18. The van der Waals surface area contributed by atoms with E-state index < -0.39 is 18.6 Å². The molecular weight excluding hydrogens is 271 g/mol. The Hall–Kier alpha value is -2.05. The number of amides is 1. The van der Waals surface area contributed by atoms with Gasteiger partial charge in [-0.2, -0.15) is 13.2 Å². The average Bonchev–Trinajstić information content (AvgIpc) is 2.74. The van der Waals surface area contributed by atoms with E-state index in [1.54, 1.807) is 22.8 Å². The highest BCUT2D eigenvalue weighted by atomic mass is 19.4. The molecule has 0 fully saturated rings. The number of imidazole rings is 1. The van der Waals surface area contributed by atoms with Crippen LogP contribution in [0.15, 0.2) is 24.3 Å². The summed E-state index contributed by atoms with van der Waals surface area (Å²) in [6.45, 7) is 0.394. The number of aromatic nitrogens is 2. The number of benzene rings is 1. The second kappa shape index (κ2) is 5.52. The first-order chi connectivity index (χ1) is 9.40. The van der Waals surface area contributed by atoms with Crippen molar-refractivity contribution >= 4 is 16.9 Å². The van der Waals surface area contributed by atoms with Crippen molar-refractivity contribution in [3.63, 3.8) is 0 Å². The zero-order chi connectivity index (χ0) is 14.8. The molecule has 2 rings (SSSR count). The lowest BCUT2D eigenvalue weighted by Crippen LogP contribution is -2.36. The van der Waals surface area contributed by atoms with Crippen LogP contribution in [0.25, 0.3) is 11.0 Å². The minimum atomic E-state index is -4.40. The van der Waals surface area contributed by atoms with E-state index in [1.807, 2.05) is 18.3 Å². The summed E-state index contributed by atoms with van der Waals surface area (Å²) < 4.78 is 37.8. The monoisotopic (exact) mass is 285 g/mol. The highest BCUT2D eigenvalue weighted by Crippen LogP contribution is 2.16. The van der Waals surface area contributed by atoms with Crippen molar-refractivity contribution in [1.82, 2.24) is 14.9 Å². The van der Waals surface area contributed by atoms with Gasteiger partial charge in [-0.25, -0.2) is 4.98 Å². The minimum Gasteiger partial charge on any atom is -0.345 e. The number of para-hydroxylation sites is 2. The van der Waals surface area contributed by atoms with Gasteiger partial charge in [-0.1, -0.05) is 19.1 Å². The molecule has 0 aliphatic rings. The Bertz CT molecular complexity index is 619. The van der Waals surface area contributed by atoms with E-state index in [2.05, 4.69) is 4.98 Å². The zero-order valence-corrected chi connectivity index (χ0v) is 10.9. The number of rotatable bonds is 4. The molecule has 0 aliphatic carbocycles. The van der Waals surface area contributed by atoms with Crippen molar-refractivity contribution in [3.8, 4) is 0 Å². The van der Waals surface area contributed by atoms with Crippen molar-refractivity contribution in [2.75, 3.05) is 6.54 Å². The van der Waals surface area contributed by atoms with Gasteiger partial charge in [0, 0.05) is 6.42 Å². The van der Waals surface area contributed by atoms with Gasteiger partial charge in [0.1, 0.15) is 18.9 Å². The highest BCUT2D eigenvalue weighted by Gasteiger charge is 2.27. The van der Waals surface area contributed by atoms with Crippen molar-refractivity contribution in [1.29, 1.82) is 0 Å². The maximum absolute atomic E-state index is 12.1. The standard InChI is InChI=1S/C13H14F3N3O/c1-2-11-18-9-5-3-4-6-10(9)19(11)7-12(20)17-8-13(14,15)16/h3-6H,2,7-8H2,1H3,(H,17,20). The number of halogens is 3. The minimum absolute atomic E-state index is 0.167. The largest absolute Gasteiger partial charge is 0.405 e. The molecule has 0 saturated carbocycles. The fourth-order valence-corrected chi connectivity index (χ4v) is 1.97. The molecule has 0 atom stereocenters. The zero-order valence-electron chi connectivity index (χ0n) is 10.9. The number of hydrogen-bond donors (Lipinski definition) is 1. The van der Waals surface area contributed by atoms with Crippen molar-refractivity contribution < 1.29 is 18.0 Å². The lowest BCUT2D eigenvalue weighted by molar-refractivity contribution is -0.138. The summed E-state index contributed by atoms with van der Waals surface area (Å²) in [6.07, 6.45) is -3.80.